The van der Waals surface area contributed by atoms with Crippen molar-refractivity contribution < 1.29 is 8.42 Å². The van der Waals surface area contributed by atoms with E-state index in [2.05, 4.69) is 15.1 Å². The summed E-state index contributed by atoms with van der Waals surface area (Å²) in [6.45, 7) is 5.79. The quantitative estimate of drug-likeness (QED) is 0.577. The third-order valence-electron chi connectivity index (χ3n) is 3.06. The Morgan fingerprint density at radius 3 is 2.67 bits per heavy atom. The Hall–Kier alpha value is -1.48. The third kappa shape index (κ3) is 3.41. The van der Waals surface area contributed by atoms with Crippen LogP contribution in [0.2, 0.25) is 0 Å². The van der Waals surface area contributed by atoms with Crippen LogP contribution in [0.1, 0.15) is 28.3 Å². The van der Waals surface area contributed by atoms with Crippen LogP contribution in [0.15, 0.2) is 29.4 Å². The van der Waals surface area contributed by atoms with E-state index in [1.807, 2.05) is 26.8 Å². The number of nitrogens with two attached hydrogens (primary N) is 1. The SMILES string of the molecule is Cc1cc(C(C)NS(=O)(=O)c2ncccc2NN)c(C)s1. The first-order chi connectivity index (χ1) is 9.85. The molecule has 0 saturated heterocycles. The Morgan fingerprint density at radius 1 is 1.38 bits per heavy atom. The van der Waals surface area contributed by atoms with Gasteiger partial charge in [-0.3, -0.25) is 5.84 Å². The van der Waals surface area contributed by atoms with Crippen LogP contribution in [0, 0.1) is 13.8 Å². The van der Waals surface area contributed by atoms with Crippen LogP contribution < -0.4 is 16.0 Å². The number of nitrogens with zero attached hydrogens (tertiary/aromatic N) is 1. The van der Waals surface area contributed by atoms with E-state index < -0.39 is 10.0 Å². The van der Waals surface area contributed by atoms with Crippen LogP contribution in [0.3, 0.4) is 0 Å². The fourth-order valence-electron chi connectivity index (χ4n) is 2.15. The number of nitrogens with one attached hydrogen (secondary N) is 2. The Kier molecular flexibility index (Phi) is 4.62. The maximum Gasteiger partial charge on any atom is 0.260 e. The van der Waals surface area contributed by atoms with Crippen molar-refractivity contribution in [2.45, 2.75) is 31.8 Å². The second kappa shape index (κ2) is 6.10. The van der Waals surface area contributed by atoms with Crippen molar-refractivity contribution in [3.8, 4) is 0 Å². The van der Waals surface area contributed by atoms with Gasteiger partial charge in [0.2, 0.25) is 0 Å². The number of aromatic nitrogens is 1. The van der Waals surface area contributed by atoms with Crippen LogP contribution in [0.4, 0.5) is 5.69 Å². The first kappa shape index (κ1) is 15.9. The summed E-state index contributed by atoms with van der Waals surface area (Å²) in [5.74, 6) is 5.34. The zero-order valence-corrected chi connectivity index (χ0v) is 13.7. The molecule has 4 N–H and O–H groups in total. The van der Waals surface area contributed by atoms with Crippen LogP contribution >= 0.6 is 11.3 Å². The minimum atomic E-state index is -3.76. The van der Waals surface area contributed by atoms with E-state index in [0.717, 1.165) is 15.3 Å². The number of hydrogen-bond acceptors (Lipinski definition) is 6. The molecule has 0 radical (unpaired) electrons. The Bertz CT molecular complexity index is 740. The fraction of sp³-hybridized carbons (Fsp3) is 0.308. The molecule has 114 valence electrons. The standard InChI is InChI=1S/C13H18N4O2S2/c1-8-7-11(10(3)20-8)9(2)17-21(18,19)13-12(16-14)5-4-6-15-13/h4-7,9,16-17H,14H2,1-3H3. The molecule has 0 spiro atoms. The summed E-state index contributed by atoms with van der Waals surface area (Å²) in [5.41, 5.74) is 3.58. The van der Waals surface area contributed by atoms with E-state index in [-0.39, 0.29) is 16.8 Å². The molecule has 0 aliphatic heterocycles. The predicted octanol–water partition coefficient (Wildman–Crippen LogP) is 2.09. The van der Waals surface area contributed by atoms with Gasteiger partial charge in [-0.1, -0.05) is 0 Å². The maximum atomic E-state index is 12.4. The average molecular weight is 326 g/mol. The van der Waals surface area contributed by atoms with Gasteiger partial charge >= 0.3 is 0 Å². The lowest BCUT2D eigenvalue weighted by Crippen LogP contribution is -2.29. The van der Waals surface area contributed by atoms with Crippen molar-refractivity contribution in [2.75, 3.05) is 5.43 Å². The summed E-state index contributed by atoms with van der Waals surface area (Å²) in [7, 11) is -3.76. The van der Waals surface area contributed by atoms with E-state index in [0.29, 0.717) is 0 Å². The summed E-state index contributed by atoms with van der Waals surface area (Å²) in [5, 5.41) is -0.107. The van der Waals surface area contributed by atoms with Gasteiger partial charge in [0, 0.05) is 22.0 Å². The highest BCUT2D eigenvalue weighted by Crippen LogP contribution is 2.27. The van der Waals surface area contributed by atoms with Gasteiger partial charge in [0.15, 0.2) is 5.03 Å². The molecule has 0 aromatic carbocycles. The van der Waals surface area contributed by atoms with E-state index in [9.17, 15) is 8.42 Å². The van der Waals surface area contributed by atoms with Gasteiger partial charge < -0.3 is 5.43 Å². The van der Waals surface area contributed by atoms with Gasteiger partial charge in [0.25, 0.3) is 10.0 Å². The predicted molar refractivity (Wildman–Crippen MR) is 84.6 cm³/mol. The molecule has 0 bridgehead atoms. The van der Waals surface area contributed by atoms with Crippen molar-refractivity contribution in [1.29, 1.82) is 0 Å². The first-order valence-electron chi connectivity index (χ1n) is 6.36. The van der Waals surface area contributed by atoms with Gasteiger partial charge in [-0.25, -0.2) is 18.1 Å². The summed E-state index contributed by atoms with van der Waals surface area (Å²) in [6.07, 6.45) is 1.42. The molecule has 8 heteroatoms. The Labute approximate surface area is 128 Å². The Balaban J connectivity index is 2.31. The van der Waals surface area contributed by atoms with Gasteiger partial charge in [-0.05, 0) is 44.5 Å². The lowest BCUT2D eigenvalue weighted by atomic mass is 10.1. The fourth-order valence-corrected chi connectivity index (χ4v) is 4.49. The molecule has 21 heavy (non-hydrogen) atoms. The lowest BCUT2D eigenvalue weighted by Gasteiger charge is -2.15. The van der Waals surface area contributed by atoms with Crippen LogP contribution in [-0.2, 0) is 10.0 Å². The number of nitrogen functional groups attached to an aromatic ring is 1. The number of pyridine rings is 1. The highest BCUT2D eigenvalue weighted by Gasteiger charge is 2.24. The third-order valence-corrected chi connectivity index (χ3v) is 5.54. The average Bonchev–Trinajstić information content (AvgIpc) is 2.77. The maximum absolute atomic E-state index is 12.4. The van der Waals surface area contributed by atoms with Crippen molar-refractivity contribution in [1.82, 2.24) is 9.71 Å². The second-order valence-electron chi connectivity index (χ2n) is 4.71. The highest BCUT2D eigenvalue weighted by atomic mass is 32.2. The van der Waals surface area contributed by atoms with E-state index >= 15 is 0 Å². The molecule has 2 rings (SSSR count). The number of hydrazine groups is 1. The molecule has 2 aromatic rings. The lowest BCUT2D eigenvalue weighted by molar-refractivity contribution is 0.563. The van der Waals surface area contributed by atoms with Crippen LogP contribution in [0.5, 0.6) is 0 Å². The number of aryl methyl sites for hydroxylation is 2. The summed E-state index contributed by atoms with van der Waals surface area (Å²) in [6, 6.07) is 4.83. The second-order valence-corrected chi connectivity index (χ2v) is 7.80. The van der Waals surface area contributed by atoms with E-state index in [1.165, 1.54) is 6.20 Å². The number of sulfonamides is 1. The van der Waals surface area contributed by atoms with Crippen LogP contribution in [0.25, 0.3) is 0 Å². The Morgan fingerprint density at radius 2 is 2.10 bits per heavy atom. The van der Waals surface area contributed by atoms with Crippen molar-refractivity contribution in [2.24, 2.45) is 5.84 Å². The molecule has 0 saturated carbocycles. The highest BCUT2D eigenvalue weighted by molar-refractivity contribution is 7.89. The number of anilines is 1. The normalized spacial score (nSPS) is 13.1. The molecule has 0 fully saturated rings. The number of rotatable bonds is 5. The molecule has 0 aliphatic carbocycles. The molecule has 1 unspecified atom stereocenters. The summed E-state index contributed by atoms with van der Waals surface area (Å²) >= 11 is 1.64. The van der Waals surface area contributed by atoms with Gasteiger partial charge in [0.05, 0.1) is 5.69 Å². The smallest absolute Gasteiger partial charge is 0.260 e. The van der Waals surface area contributed by atoms with Crippen molar-refractivity contribution in [3.05, 3.63) is 39.7 Å². The van der Waals surface area contributed by atoms with Crippen molar-refractivity contribution in [3.63, 3.8) is 0 Å². The van der Waals surface area contributed by atoms with E-state index in [4.69, 9.17) is 5.84 Å². The first-order valence-corrected chi connectivity index (χ1v) is 8.66. The summed E-state index contributed by atoms with van der Waals surface area (Å²) < 4.78 is 27.5. The summed E-state index contributed by atoms with van der Waals surface area (Å²) in [4.78, 5) is 6.15. The van der Waals surface area contributed by atoms with Crippen molar-refractivity contribution >= 4 is 27.0 Å². The molecule has 1 atom stereocenters. The number of hydrogen-bond donors (Lipinski definition) is 3. The zero-order valence-electron chi connectivity index (χ0n) is 12.0. The van der Waals surface area contributed by atoms with Gasteiger partial charge in [0.1, 0.15) is 0 Å². The minimum Gasteiger partial charge on any atom is -0.321 e. The topological polar surface area (TPSA) is 97.1 Å². The number of thiophene rings is 1. The molecule has 0 aliphatic rings. The zero-order chi connectivity index (χ0) is 15.6. The van der Waals surface area contributed by atoms with Crippen LogP contribution in [-0.4, -0.2) is 13.4 Å². The largest absolute Gasteiger partial charge is 0.321 e. The van der Waals surface area contributed by atoms with Gasteiger partial charge in [-0.2, -0.15) is 0 Å². The monoisotopic (exact) mass is 326 g/mol. The van der Waals surface area contributed by atoms with E-state index in [1.54, 1.807) is 23.5 Å². The molecule has 2 heterocycles. The molecule has 2 aromatic heterocycles. The molecular formula is C13H18N4O2S2. The molecule has 0 amide bonds. The van der Waals surface area contributed by atoms with Gasteiger partial charge in [-0.15, -0.1) is 11.3 Å². The molecule has 6 nitrogen and oxygen atoms in total. The molecular weight excluding hydrogens is 308 g/mol. The minimum absolute atomic E-state index is 0.107.